The zero-order valence-electron chi connectivity index (χ0n) is 17.2. The molecule has 0 bridgehead atoms. The normalized spacial score (nSPS) is 16.3. The number of carbonyl (C=O) groups excluding carboxylic acids is 2. The summed E-state index contributed by atoms with van der Waals surface area (Å²) < 4.78 is 27.3. The van der Waals surface area contributed by atoms with Gasteiger partial charge in [-0.2, -0.15) is 0 Å². The number of piperidine rings is 1. The van der Waals surface area contributed by atoms with Crippen LogP contribution in [0.25, 0.3) is 0 Å². The van der Waals surface area contributed by atoms with Gasteiger partial charge in [0.2, 0.25) is 21.8 Å². The second-order valence-electron chi connectivity index (χ2n) is 7.92. The monoisotopic (exact) mass is 442 g/mol. The van der Waals surface area contributed by atoms with Crippen LogP contribution in [0.2, 0.25) is 0 Å². The van der Waals surface area contributed by atoms with Gasteiger partial charge >= 0.3 is 0 Å². The number of carbonyl (C=O) groups is 2. The minimum atomic E-state index is -3.85. The number of nitrogens with one attached hydrogen (secondary N) is 3. The maximum absolute atomic E-state index is 12.4. The largest absolute Gasteiger partial charge is 0.372 e. The predicted octanol–water partition coefficient (Wildman–Crippen LogP) is 2.94. The molecule has 2 aliphatic heterocycles. The lowest BCUT2D eigenvalue weighted by atomic mass is 10.0. The van der Waals surface area contributed by atoms with E-state index in [1.807, 2.05) is 12.1 Å². The van der Waals surface area contributed by atoms with E-state index < -0.39 is 21.7 Å². The smallest absolute Gasteiger partial charge is 0.241 e. The molecule has 4 rings (SSSR count). The van der Waals surface area contributed by atoms with Gasteiger partial charge in [0.15, 0.2) is 0 Å². The van der Waals surface area contributed by atoms with E-state index in [2.05, 4.69) is 20.3 Å². The molecule has 2 aliphatic rings. The number of amides is 2. The molecule has 164 valence electrons. The van der Waals surface area contributed by atoms with E-state index in [4.69, 9.17) is 0 Å². The molecule has 9 heteroatoms. The fraction of sp³-hybridized carbons (Fsp3) is 0.364. The molecular weight excluding hydrogens is 416 g/mol. The summed E-state index contributed by atoms with van der Waals surface area (Å²) >= 11 is 0. The molecule has 2 amide bonds. The number of hydrogen-bond donors (Lipinski definition) is 3. The molecule has 3 N–H and O–H groups in total. The molecule has 2 aromatic rings. The molecule has 0 aromatic heterocycles. The van der Waals surface area contributed by atoms with Crippen molar-refractivity contribution in [3.05, 3.63) is 48.0 Å². The van der Waals surface area contributed by atoms with Gasteiger partial charge in [0, 0.05) is 42.3 Å². The molecule has 8 nitrogen and oxygen atoms in total. The van der Waals surface area contributed by atoms with Crippen molar-refractivity contribution in [2.75, 3.05) is 39.1 Å². The van der Waals surface area contributed by atoms with E-state index in [9.17, 15) is 18.0 Å². The van der Waals surface area contributed by atoms with Crippen LogP contribution >= 0.6 is 0 Å². The topological polar surface area (TPSA) is 108 Å². The van der Waals surface area contributed by atoms with Crippen LogP contribution < -0.4 is 20.3 Å². The summed E-state index contributed by atoms with van der Waals surface area (Å²) in [6.45, 7) is 2.03. The van der Waals surface area contributed by atoms with Crippen molar-refractivity contribution in [2.24, 2.45) is 0 Å². The Labute approximate surface area is 182 Å². The molecule has 0 atom stereocenters. The summed E-state index contributed by atoms with van der Waals surface area (Å²) in [6, 6.07) is 12.3. The lowest BCUT2D eigenvalue weighted by molar-refractivity contribution is -0.116. The summed E-state index contributed by atoms with van der Waals surface area (Å²) in [5, 5.41) is 5.39. The van der Waals surface area contributed by atoms with Gasteiger partial charge in [0.05, 0.1) is 0 Å². The number of anilines is 4. The van der Waals surface area contributed by atoms with E-state index in [1.165, 1.54) is 19.3 Å². The quantitative estimate of drug-likeness (QED) is 0.638. The van der Waals surface area contributed by atoms with Crippen LogP contribution in [0.4, 0.5) is 22.7 Å². The number of fused-ring (bicyclic) bond motifs is 1. The molecule has 2 aromatic carbocycles. The molecule has 1 fully saturated rings. The number of hydrogen-bond acceptors (Lipinski definition) is 5. The van der Waals surface area contributed by atoms with Crippen molar-refractivity contribution in [1.82, 2.24) is 0 Å². The third-order valence-electron chi connectivity index (χ3n) is 5.47. The van der Waals surface area contributed by atoms with Gasteiger partial charge in [-0.05, 0) is 73.7 Å². The van der Waals surface area contributed by atoms with Gasteiger partial charge in [0.25, 0.3) is 0 Å². The highest BCUT2D eigenvalue weighted by Gasteiger charge is 2.19. The van der Waals surface area contributed by atoms with Crippen molar-refractivity contribution in [1.29, 1.82) is 0 Å². The van der Waals surface area contributed by atoms with Crippen molar-refractivity contribution in [3.63, 3.8) is 0 Å². The molecule has 0 saturated carbocycles. The van der Waals surface area contributed by atoms with Gasteiger partial charge in [-0.3, -0.25) is 14.3 Å². The molecule has 0 radical (unpaired) electrons. The number of benzene rings is 2. The van der Waals surface area contributed by atoms with Crippen molar-refractivity contribution in [3.8, 4) is 0 Å². The van der Waals surface area contributed by atoms with Crippen LogP contribution in [0.15, 0.2) is 42.5 Å². The maximum atomic E-state index is 12.4. The molecule has 0 aliphatic carbocycles. The Hall–Kier alpha value is -3.07. The van der Waals surface area contributed by atoms with E-state index in [0.717, 1.165) is 30.0 Å². The molecule has 2 heterocycles. The van der Waals surface area contributed by atoms with Gasteiger partial charge in [-0.15, -0.1) is 0 Å². The Balaban J connectivity index is 1.34. The SMILES string of the molecule is O=C(CS(=O)(=O)Nc1ccc(N2CCCCC2)cc1)Nc1ccc2c(c1)CCC(=O)N2. The van der Waals surface area contributed by atoms with Crippen LogP contribution in [0.5, 0.6) is 0 Å². The molecule has 0 spiro atoms. The summed E-state index contributed by atoms with van der Waals surface area (Å²) in [5.41, 5.74) is 3.63. The van der Waals surface area contributed by atoms with Crippen LogP contribution in [-0.4, -0.2) is 39.1 Å². The van der Waals surface area contributed by atoms with Crippen molar-refractivity contribution < 1.29 is 18.0 Å². The predicted molar refractivity (Wildman–Crippen MR) is 122 cm³/mol. The van der Waals surface area contributed by atoms with Gasteiger partial charge in [-0.1, -0.05) is 0 Å². The first kappa shape index (κ1) is 21.2. The van der Waals surface area contributed by atoms with Crippen LogP contribution in [0, 0.1) is 0 Å². The lowest BCUT2D eigenvalue weighted by Gasteiger charge is -2.28. The summed E-state index contributed by atoms with van der Waals surface area (Å²) in [7, 11) is -3.85. The van der Waals surface area contributed by atoms with E-state index in [0.29, 0.717) is 24.2 Å². The van der Waals surface area contributed by atoms with Gasteiger partial charge in [-0.25, -0.2) is 8.42 Å². The minimum Gasteiger partial charge on any atom is -0.372 e. The summed E-state index contributed by atoms with van der Waals surface area (Å²) in [6.07, 6.45) is 4.56. The molecule has 1 saturated heterocycles. The zero-order chi connectivity index (χ0) is 21.8. The first-order valence-electron chi connectivity index (χ1n) is 10.5. The fourth-order valence-electron chi connectivity index (χ4n) is 3.94. The van der Waals surface area contributed by atoms with Crippen molar-refractivity contribution in [2.45, 2.75) is 32.1 Å². The van der Waals surface area contributed by atoms with Crippen LogP contribution in [-0.2, 0) is 26.0 Å². The third kappa shape index (κ3) is 5.55. The van der Waals surface area contributed by atoms with E-state index >= 15 is 0 Å². The lowest BCUT2D eigenvalue weighted by Crippen LogP contribution is -2.29. The maximum Gasteiger partial charge on any atom is 0.241 e. The fourth-order valence-corrected chi connectivity index (χ4v) is 4.92. The first-order chi connectivity index (χ1) is 14.9. The highest BCUT2D eigenvalue weighted by atomic mass is 32.2. The Bertz CT molecular complexity index is 1080. The first-order valence-corrected chi connectivity index (χ1v) is 12.1. The number of nitrogens with zero attached hydrogens (tertiary/aromatic N) is 1. The number of rotatable bonds is 6. The Morgan fingerprint density at radius 3 is 2.42 bits per heavy atom. The Morgan fingerprint density at radius 2 is 1.68 bits per heavy atom. The van der Waals surface area contributed by atoms with Crippen LogP contribution in [0.3, 0.4) is 0 Å². The van der Waals surface area contributed by atoms with Gasteiger partial charge in [0.1, 0.15) is 5.75 Å². The number of sulfonamides is 1. The van der Waals surface area contributed by atoms with Crippen molar-refractivity contribution >= 4 is 44.6 Å². The van der Waals surface area contributed by atoms with Crippen LogP contribution in [0.1, 0.15) is 31.2 Å². The Kier molecular flexibility index (Phi) is 6.13. The zero-order valence-corrected chi connectivity index (χ0v) is 18.0. The third-order valence-corrected chi connectivity index (χ3v) is 6.66. The van der Waals surface area contributed by atoms with E-state index in [-0.39, 0.29) is 5.91 Å². The highest BCUT2D eigenvalue weighted by Crippen LogP contribution is 2.26. The molecule has 0 unspecified atom stereocenters. The minimum absolute atomic E-state index is 0.0367. The van der Waals surface area contributed by atoms with Gasteiger partial charge < -0.3 is 15.5 Å². The molecular formula is C22H26N4O4S. The highest BCUT2D eigenvalue weighted by molar-refractivity contribution is 7.93. The Morgan fingerprint density at radius 1 is 0.968 bits per heavy atom. The second-order valence-corrected chi connectivity index (χ2v) is 9.65. The van der Waals surface area contributed by atoms with E-state index in [1.54, 1.807) is 30.3 Å². The standard InChI is InChI=1S/C22H26N4O4S/c27-21-11-4-16-14-18(7-10-20(16)24-21)23-22(28)15-31(29,30)25-17-5-8-19(9-6-17)26-12-2-1-3-13-26/h5-10,14,25H,1-4,11-13,15H2,(H,23,28)(H,24,27). The summed E-state index contributed by atoms with van der Waals surface area (Å²) in [4.78, 5) is 26.0. The average molecular weight is 443 g/mol. The molecule has 31 heavy (non-hydrogen) atoms. The summed E-state index contributed by atoms with van der Waals surface area (Å²) in [5.74, 6) is -1.35. The second kappa shape index (κ2) is 8.97. The average Bonchev–Trinajstić information content (AvgIpc) is 2.74. The number of aryl methyl sites for hydroxylation is 1.